The fraction of sp³-hybridized carbons (Fsp3) is 0.417. The minimum atomic E-state index is -3.25. The molecule has 1 aliphatic heterocycles. The Labute approximate surface area is 140 Å². The Morgan fingerprint density at radius 1 is 1.35 bits per heavy atom. The van der Waals surface area contributed by atoms with Gasteiger partial charge in [-0.15, -0.1) is 0 Å². The van der Waals surface area contributed by atoms with Gasteiger partial charge in [0.1, 0.15) is 11.0 Å². The quantitative estimate of drug-likeness (QED) is 0.610. The molecule has 9 nitrogen and oxygen atoms in total. The average molecular weight is 404 g/mol. The molecule has 0 amide bonds. The molecule has 3 heterocycles. The molecule has 0 aliphatic carbocycles. The zero-order valence-corrected chi connectivity index (χ0v) is 14.6. The van der Waals surface area contributed by atoms with E-state index in [0.29, 0.717) is 47.5 Å². The van der Waals surface area contributed by atoms with E-state index < -0.39 is 14.9 Å². The highest BCUT2D eigenvalue weighted by atomic mass is 79.9. The van der Waals surface area contributed by atoms with Crippen molar-refractivity contribution in [2.75, 3.05) is 37.3 Å². The number of nitrogens with zero attached hydrogens (tertiary/aromatic N) is 4. The zero-order valence-electron chi connectivity index (χ0n) is 12.2. The summed E-state index contributed by atoms with van der Waals surface area (Å²) in [5.41, 5.74) is 0.374. The molecule has 0 unspecified atom stereocenters. The van der Waals surface area contributed by atoms with E-state index in [1.807, 2.05) is 0 Å². The van der Waals surface area contributed by atoms with E-state index in [-0.39, 0.29) is 5.69 Å². The summed E-state index contributed by atoms with van der Waals surface area (Å²) in [7, 11) is -3.25. The highest BCUT2D eigenvalue weighted by Crippen LogP contribution is 2.39. The minimum absolute atomic E-state index is 0.0484. The summed E-state index contributed by atoms with van der Waals surface area (Å²) in [5, 5.41) is 11.9. The number of anilines is 1. The molecular weight excluding hydrogens is 390 g/mol. The van der Waals surface area contributed by atoms with E-state index in [1.165, 1.54) is 4.31 Å². The van der Waals surface area contributed by atoms with Crippen LogP contribution in [0.15, 0.2) is 16.7 Å². The van der Waals surface area contributed by atoms with E-state index in [1.54, 1.807) is 17.2 Å². The molecule has 11 heteroatoms. The third-order valence-corrected chi connectivity index (χ3v) is 5.77. The second-order valence-electron chi connectivity index (χ2n) is 5.24. The van der Waals surface area contributed by atoms with Crippen molar-refractivity contribution in [1.82, 2.24) is 14.3 Å². The molecule has 23 heavy (non-hydrogen) atoms. The molecule has 0 spiro atoms. The molecular formula is C12H14BrN5O4S. The van der Waals surface area contributed by atoms with Crippen LogP contribution in [0.25, 0.3) is 11.0 Å². The molecule has 2 aromatic rings. The lowest BCUT2D eigenvalue weighted by atomic mass is 10.3. The van der Waals surface area contributed by atoms with Crippen molar-refractivity contribution in [3.8, 4) is 0 Å². The standard InChI is InChI=1S/C12H14BrN5O4S/c1-23(21,22)17-6-4-16(5-7-17)12-10(18(19)20)9-8(13)2-3-14-11(9)15-12/h2-3H,4-7H2,1H3,(H,14,15). The largest absolute Gasteiger partial charge is 0.350 e. The number of hydrogen-bond acceptors (Lipinski definition) is 6. The number of fused-ring (bicyclic) bond motifs is 1. The molecule has 0 radical (unpaired) electrons. The lowest BCUT2D eigenvalue weighted by molar-refractivity contribution is -0.382. The first kappa shape index (κ1) is 16.1. The zero-order chi connectivity index (χ0) is 16.8. The van der Waals surface area contributed by atoms with E-state index in [9.17, 15) is 18.5 Å². The number of aromatic amines is 1. The van der Waals surface area contributed by atoms with Crippen LogP contribution >= 0.6 is 15.9 Å². The number of H-pyrrole nitrogens is 1. The van der Waals surface area contributed by atoms with Gasteiger partial charge in [-0.1, -0.05) is 0 Å². The number of pyridine rings is 1. The average Bonchev–Trinajstić information content (AvgIpc) is 2.87. The van der Waals surface area contributed by atoms with Crippen LogP contribution < -0.4 is 4.90 Å². The van der Waals surface area contributed by atoms with Gasteiger partial charge >= 0.3 is 5.69 Å². The Hall–Kier alpha value is -1.72. The van der Waals surface area contributed by atoms with Gasteiger partial charge in [0.15, 0.2) is 5.82 Å². The first-order valence-corrected chi connectivity index (χ1v) is 9.44. The maximum Gasteiger partial charge on any atom is 0.321 e. The Kier molecular flexibility index (Phi) is 4.02. The van der Waals surface area contributed by atoms with Gasteiger partial charge in [-0.05, 0) is 22.0 Å². The topological polar surface area (TPSA) is 112 Å². The van der Waals surface area contributed by atoms with Crippen molar-refractivity contribution in [3.63, 3.8) is 0 Å². The Morgan fingerprint density at radius 2 is 2.00 bits per heavy atom. The number of halogens is 1. The monoisotopic (exact) mass is 403 g/mol. The van der Waals surface area contributed by atoms with Crippen LogP contribution in [0, 0.1) is 10.1 Å². The van der Waals surface area contributed by atoms with Gasteiger partial charge in [-0.2, -0.15) is 4.31 Å². The number of sulfonamides is 1. The van der Waals surface area contributed by atoms with Crippen molar-refractivity contribution >= 4 is 48.5 Å². The molecule has 0 aromatic carbocycles. The first-order chi connectivity index (χ1) is 10.8. The van der Waals surface area contributed by atoms with Crippen LogP contribution in [-0.2, 0) is 10.0 Å². The highest BCUT2D eigenvalue weighted by molar-refractivity contribution is 9.10. The number of rotatable bonds is 3. The van der Waals surface area contributed by atoms with E-state index >= 15 is 0 Å². The van der Waals surface area contributed by atoms with Gasteiger partial charge in [0.2, 0.25) is 10.0 Å². The lowest BCUT2D eigenvalue weighted by Crippen LogP contribution is -2.48. The van der Waals surface area contributed by atoms with Crippen molar-refractivity contribution in [3.05, 3.63) is 26.9 Å². The molecule has 1 N–H and O–H groups in total. The van der Waals surface area contributed by atoms with Crippen molar-refractivity contribution < 1.29 is 13.3 Å². The van der Waals surface area contributed by atoms with E-state index in [0.717, 1.165) is 6.26 Å². The lowest BCUT2D eigenvalue weighted by Gasteiger charge is -2.33. The van der Waals surface area contributed by atoms with Crippen molar-refractivity contribution in [2.24, 2.45) is 0 Å². The number of hydrogen-bond donors (Lipinski definition) is 1. The summed E-state index contributed by atoms with van der Waals surface area (Å²) in [5.74, 6) is 0.359. The van der Waals surface area contributed by atoms with Crippen LogP contribution in [0.1, 0.15) is 0 Å². The molecule has 0 atom stereocenters. The minimum Gasteiger partial charge on any atom is -0.350 e. The summed E-state index contributed by atoms with van der Waals surface area (Å²) in [4.78, 5) is 20.0. The van der Waals surface area contributed by atoms with Gasteiger partial charge in [0.05, 0.1) is 11.2 Å². The normalized spacial score (nSPS) is 16.9. The second-order valence-corrected chi connectivity index (χ2v) is 8.08. The van der Waals surface area contributed by atoms with Gasteiger partial charge in [0.25, 0.3) is 0 Å². The predicted molar refractivity (Wildman–Crippen MR) is 89.1 cm³/mol. The van der Waals surface area contributed by atoms with Gasteiger partial charge in [-0.25, -0.2) is 13.4 Å². The maximum absolute atomic E-state index is 11.6. The molecule has 1 saturated heterocycles. The van der Waals surface area contributed by atoms with Gasteiger partial charge in [-0.3, -0.25) is 10.1 Å². The molecule has 0 bridgehead atoms. The fourth-order valence-electron chi connectivity index (χ4n) is 2.70. The molecule has 0 saturated carbocycles. The SMILES string of the molecule is CS(=O)(=O)N1CCN(c2[nH]c3nccc(Br)c3c2[N+](=O)[O-])CC1. The Balaban J connectivity index is 2.00. The van der Waals surface area contributed by atoms with Crippen LogP contribution in [0.5, 0.6) is 0 Å². The Morgan fingerprint density at radius 3 is 2.57 bits per heavy atom. The maximum atomic E-state index is 11.6. The van der Waals surface area contributed by atoms with Crippen LogP contribution in [-0.4, -0.2) is 60.0 Å². The third-order valence-electron chi connectivity index (χ3n) is 3.80. The second kappa shape index (κ2) is 5.73. The fourth-order valence-corrected chi connectivity index (χ4v) is 4.02. The Bertz CT molecular complexity index is 873. The van der Waals surface area contributed by atoms with Crippen LogP contribution in [0.3, 0.4) is 0 Å². The van der Waals surface area contributed by atoms with E-state index in [4.69, 9.17) is 0 Å². The highest BCUT2D eigenvalue weighted by Gasteiger charge is 2.31. The first-order valence-electron chi connectivity index (χ1n) is 6.79. The molecule has 2 aromatic heterocycles. The molecule has 1 aliphatic rings. The predicted octanol–water partition coefficient (Wildman–Crippen LogP) is 1.32. The molecule has 1 fully saturated rings. The summed E-state index contributed by atoms with van der Waals surface area (Å²) in [6.45, 7) is 1.33. The van der Waals surface area contributed by atoms with Gasteiger partial charge < -0.3 is 9.88 Å². The smallest absolute Gasteiger partial charge is 0.321 e. The number of aromatic nitrogens is 2. The van der Waals surface area contributed by atoms with E-state index in [2.05, 4.69) is 25.9 Å². The number of piperazine rings is 1. The van der Waals surface area contributed by atoms with Crippen LogP contribution in [0.4, 0.5) is 11.5 Å². The number of nitro groups is 1. The number of nitrogens with one attached hydrogen (secondary N) is 1. The summed E-state index contributed by atoms with van der Waals surface area (Å²) in [6, 6.07) is 1.65. The van der Waals surface area contributed by atoms with Crippen LogP contribution in [0.2, 0.25) is 0 Å². The van der Waals surface area contributed by atoms with Crippen molar-refractivity contribution in [2.45, 2.75) is 0 Å². The summed E-state index contributed by atoms with van der Waals surface area (Å²) < 4.78 is 25.1. The third kappa shape index (κ3) is 2.91. The van der Waals surface area contributed by atoms with Crippen molar-refractivity contribution in [1.29, 1.82) is 0 Å². The molecule has 124 valence electrons. The van der Waals surface area contributed by atoms with Gasteiger partial charge in [0, 0.05) is 36.8 Å². The summed E-state index contributed by atoms with van der Waals surface area (Å²) in [6.07, 6.45) is 2.72. The summed E-state index contributed by atoms with van der Waals surface area (Å²) >= 11 is 3.32. The molecule has 3 rings (SSSR count).